The second-order valence-electron chi connectivity index (χ2n) is 3.81. The van der Waals surface area contributed by atoms with Crippen molar-refractivity contribution in [3.8, 4) is 0 Å². The fourth-order valence-electron chi connectivity index (χ4n) is 1.23. The van der Waals surface area contributed by atoms with E-state index in [1.165, 1.54) is 31.2 Å². The van der Waals surface area contributed by atoms with Gasteiger partial charge in [0, 0.05) is 18.7 Å². The molecule has 0 aliphatic heterocycles. The second-order valence-corrected chi connectivity index (χ2v) is 3.81. The molecule has 8 nitrogen and oxygen atoms in total. The van der Waals surface area contributed by atoms with Gasteiger partial charge in [0.05, 0.1) is 4.92 Å². The number of amides is 2. The van der Waals surface area contributed by atoms with E-state index in [4.69, 9.17) is 5.11 Å². The van der Waals surface area contributed by atoms with Gasteiger partial charge < -0.3 is 15.7 Å². The van der Waals surface area contributed by atoms with Crippen LogP contribution in [0.4, 0.5) is 10.5 Å². The molecule has 3 N–H and O–H groups in total. The number of nitro groups is 1. The van der Waals surface area contributed by atoms with E-state index in [9.17, 15) is 19.7 Å². The summed E-state index contributed by atoms with van der Waals surface area (Å²) in [6, 6.07) is 4.08. The van der Waals surface area contributed by atoms with Crippen LogP contribution in [0.3, 0.4) is 0 Å². The van der Waals surface area contributed by atoms with Crippen LogP contribution in [0.1, 0.15) is 12.5 Å². The van der Waals surface area contributed by atoms with Crippen LogP contribution in [0.5, 0.6) is 0 Å². The van der Waals surface area contributed by atoms with Gasteiger partial charge in [0.2, 0.25) is 0 Å². The minimum absolute atomic E-state index is 0.0345. The first-order valence-electron chi connectivity index (χ1n) is 5.40. The Labute approximate surface area is 108 Å². The Morgan fingerprint density at radius 2 is 1.95 bits per heavy atom. The lowest BCUT2D eigenvalue weighted by molar-refractivity contribution is -0.384. The lowest BCUT2D eigenvalue weighted by atomic mass is 10.2. The van der Waals surface area contributed by atoms with Gasteiger partial charge in [-0.1, -0.05) is 12.1 Å². The standard InChI is InChI=1S/C11H13N3O5/c1-7(10(15)16)13-11(17)12-6-8-2-4-9(5-3-8)14(18)19/h2-5,7H,6H2,1H3,(H,15,16)(H2,12,13,17). The molecule has 0 radical (unpaired) electrons. The summed E-state index contributed by atoms with van der Waals surface area (Å²) in [5.41, 5.74) is 0.636. The average Bonchev–Trinajstić information content (AvgIpc) is 2.36. The molecular formula is C11H13N3O5. The molecule has 1 unspecified atom stereocenters. The highest BCUT2D eigenvalue weighted by Crippen LogP contribution is 2.11. The van der Waals surface area contributed by atoms with E-state index in [0.717, 1.165) is 0 Å². The molecule has 102 valence electrons. The number of hydrogen-bond acceptors (Lipinski definition) is 4. The van der Waals surface area contributed by atoms with Gasteiger partial charge in [0.1, 0.15) is 6.04 Å². The molecule has 1 rings (SSSR count). The smallest absolute Gasteiger partial charge is 0.325 e. The second kappa shape index (κ2) is 6.34. The van der Waals surface area contributed by atoms with Crippen molar-refractivity contribution in [1.82, 2.24) is 10.6 Å². The van der Waals surface area contributed by atoms with Crippen molar-refractivity contribution in [1.29, 1.82) is 0 Å². The number of benzene rings is 1. The molecular weight excluding hydrogens is 254 g/mol. The van der Waals surface area contributed by atoms with Crippen LogP contribution in [0.15, 0.2) is 24.3 Å². The minimum atomic E-state index is -1.13. The Morgan fingerprint density at radius 1 is 1.37 bits per heavy atom. The van der Waals surface area contributed by atoms with Crippen LogP contribution in [0, 0.1) is 10.1 Å². The van der Waals surface area contributed by atoms with E-state index in [1.54, 1.807) is 0 Å². The van der Waals surface area contributed by atoms with Crippen molar-refractivity contribution in [2.45, 2.75) is 19.5 Å². The van der Waals surface area contributed by atoms with Gasteiger partial charge >= 0.3 is 12.0 Å². The zero-order valence-corrected chi connectivity index (χ0v) is 10.1. The Balaban J connectivity index is 2.46. The number of carboxylic acid groups (broad SMARTS) is 1. The molecule has 0 aromatic heterocycles. The van der Waals surface area contributed by atoms with Crippen molar-refractivity contribution in [2.75, 3.05) is 0 Å². The highest BCUT2D eigenvalue weighted by Gasteiger charge is 2.13. The summed E-state index contributed by atoms with van der Waals surface area (Å²) < 4.78 is 0. The lowest BCUT2D eigenvalue weighted by Gasteiger charge is -2.10. The van der Waals surface area contributed by atoms with Crippen LogP contribution >= 0.6 is 0 Å². The SMILES string of the molecule is CC(NC(=O)NCc1ccc([N+](=O)[O-])cc1)C(=O)O. The molecule has 1 aromatic rings. The third-order valence-electron chi connectivity index (χ3n) is 2.32. The number of hydrogen-bond donors (Lipinski definition) is 3. The third-order valence-corrected chi connectivity index (χ3v) is 2.32. The van der Waals surface area contributed by atoms with E-state index < -0.39 is 23.0 Å². The number of nitro benzene ring substituents is 1. The zero-order valence-electron chi connectivity index (χ0n) is 10.1. The van der Waals surface area contributed by atoms with Crippen LogP contribution < -0.4 is 10.6 Å². The van der Waals surface area contributed by atoms with E-state index in [-0.39, 0.29) is 12.2 Å². The molecule has 0 bridgehead atoms. The Kier molecular flexibility index (Phi) is 4.81. The fourth-order valence-corrected chi connectivity index (χ4v) is 1.23. The predicted molar refractivity (Wildman–Crippen MR) is 65.6 cm³/mol. The number of nitrogens with one attached hydrogen (secondary N) is 2. The van der Waals surface area contributed by atoms with Gasteiger partial charge in [-0.15, -0.1) is 0 Å². The normalized spacial score (nSPS) is 11.4. The number of carbonyl (C=O) groups is 2. The number of aliphatic carboxylic acids is 1. The van der Waals surface area contributed by atoms with Crippen LogP contribution in [-0.2, 0) is 11.3 Å². The summed E-state index contributed by atoms with van der Waals surface area (Å²) in [5, 5.41) is 23.7. The Morgan fingerprint density at radius 3 is 2.42 bits per heavy atom. The van der Waals surface area contributed by atoms with Crippen molar-refractivity contribution in [3.05, 3.63) is 39.9 Å². The Bertz CT molecular complexity index is 486. The van der Waals surface area contributed by atoms with Gasteiger partial charge in [-0.2, -0.15) is 0 Å². The summed E-state index contributed by atoms with van der Waals surface area (Å²) in [4.78, 5) is 31.7. The maximum absolute atomic E-state index is 11.3. The topological polar surface area (TPSA) is 122 Å². The first-order valence-corrected chi connectivity index (χ1v) is 5.40. The molecule has 1 atom stereocenters. The first-order chi connectivity index (χ1) is 8.90. The number of non-ortho nitro benzene ring substituents is 1. The number of carbonyl (C=O) groups excluding carboxylic acids is 1. The first kappa shape index (κ1) is 14.4. The highest BCUT2D eigenvalue weighted by molar-refractivity contribution is 5.82. The lowest BCUT2D eigenvalue weighted by Crippen LogP contribution is -2.44. The molecule has 0 saturated heterocycles. The molecule has 8 heteroatoms. The molecule has 0 saturated carbocycles. The highest BCUT2D eigenvalue weighted by atomic mass is 16.6. The fraction of sp³-hybridized carbons (Fsp3) is 0.273. The van der Waals surface area contributed by atoms with Gasteiger partial charge in [0.25, 0.3) is 5.69 Å². The maximum atomic E-state index is 11.3. The molecule has 0 aliphatic rings. The molecule has 0 aliphatic carbocycles. The molecule has 0 spiro atoms. The molecule has 0 heterocycles. The van der Waals surface area contributed by atoms with Crippen molar-refractivity contribution >= 4 is 17.7 Å². The largest absolute Gasteiger partial charge is 0.480 e. The van der Waals surface area contributed by atoms with Crippen molar-refractivity contribution < 1.29 is 19.6 Å². The number of rotatable bonds is 5. The number of urea groups is 1. The number of nitrogens with zero attached hydrogens (tertiary/aromatic N) is 1. The van der Waals surface area contributed by atoms with Gasteiger partial charge in [-0.25, -0.2) is 4.79 Å². The summed E-state index contributed by atoms with van der Waals surface area (Å²) in [7, 11) is 0. The third kappa shape index (κ3) is 4.62. The van der Waals surface area contributed by atoms with Crippen LogP contribution in [-0.4, -0.2) is 28.1 Å². The summed E-state index contributed by atoms with van der Waals surface area (Å²) in [5.74, 6) is -1.13. The summed E-state index contributed by atoms with van der Waals surface area (Å²) in [6.45, 7) is 1.49. The van der Waals surface area contributed by atoms with Crippen LogP contribution in [0.2, 0.25) is 0 Å². The Hall–Kier alpha value is -2.64. The maximum Gasteiger partial charge on any atom is 0.325 e. The van der Waals surface area contributed by atoms with E-state index >= 15 is 0 Å². The minimum Gasteiger partial charge on any atom is -0.480 e. The molecule has 19 heavy (non-hydrogen) atoms. The van der Waals surface area contributed by atoms with E-state index in [0.29, 0.717) is 5.56 Å². The monoisotopic (exact) mass is 267 g/mol. The van der Waals surface area contributed by atoms with E-state index in [1.807, 2.05) is 0 Å². The van der Waals surface area contributed by atoms with Crippen LogP contribution in [0.25, 0.3) is 0 Å². The average molecular weight is 267 g/mol. The van der Waals surface area contributed by atoms with Crippen molar-refractivity contribution in [3.63, 3.8) is 0 Å². The van der Waals surface area contributed by atoms with Gasteiger partial charge in [-0.3, -0.25) is 14.9 Å². The quantitative estimate of drug-likeness (QED) is 0.539. The number of carboxylic acids is 1. The van der Waals surface area contributed by atoms with E-state index in [2.05, 4.69) is 10.6 Å². The summed E-state index contributed by atoms with van der Waals surface area (Å²) in [6.07, 6.45) is 0. The van der Waals surface area contributed by atoms with Gasteiger partial charge in [-0.05, 0) is 12.5 Å². The zero-order chi connectivity index (χ0) is 14.4. The van der Waals surface area contributed by atoms with Gasteiger partial charge in [0.15, 0.2) is 0 Å². The molecule has 1 aromatic carbocycles. The predicted octanol–water partition coefficient (Wildman–Crippen LogP) is 0.867. The van der Waals surface area contributed by atoms with Crippen molar-refractivity contribution in [2.24, 2.45) is 0 Å². The molecule has 2 amide bonds. The molecule has 0 fully saturated rings. The summed E-state index contributed by atoms with van der Waals surface area (Å²) >= 11 is 0.